The number of allylic oxidation sites excluding steroid dienone is 2. The first-order chi connectivity index (χ1) is 11.2. The van der Waals surface area contributed by atoms with Crippen LogP contribution in [0.5, 0.6) is 0 Å². The highest BCUT2D eigenvalue weighted by molar-refractivity contribution is 7.87. The smallest absolute Gasteiger partial charge is 0.328 e. The van der Waals surface area contributed by atoms with Gasteiger partial charge in [-0.25, -0.2) is 0 Å². The minimum atomic E-state index is -4.86. The molecular formula is C16H22O7S. The van der Waals surface area contributed by atoms with Crippen molar-refractivity contribution >= 4 is 22.1 Å². The maximum absolute atomic E-state index is 12.0. The van der Waals surface area contributed by atoms with E-state index in [0.29, 0.717) is 0 Å². The largest absolute Gasteiger partial charge is 0.454 e. The number of ether oxygens (including phenoxy) is 2. The molecule has 0 aliphatic rings. The highest BCUT2D eigenvalue weighted by Gasteiger charge is 2.36. The monoisotopic (exact) mass is 358 g/mol. The van der Waals surface area contributed by atoms with Crippen molar-refractivity contribution in [3.05, 3.63) is 49.6 Å². The zero-order chi connectivity index (χ0) is 18.8. The van der Waals surface area contributed by atoms with Crippen LogP contribution in [0.25, 0.3) is 0 Å². The minimum Gasteiger partial charge on any atom is -0.454 e. The molecule has 0 saturated carbocycles. The Hall–Kier alpha value is -2.19. The maximum atomic E-state index is 12.0. The average molecular weight is 358 g/mol. The molecule has 0 aliphatic carbocycles. The van der Waals surface area contributed by atoms with E-state index in [4.69, 9.17) is 9.47 Å². The molecule has 7 nitrogen and oxygen atoms in total. The molecule has 0 aromatic carbocycles. The summed E-state index contributed by atoms with van der Waals surface area (Å²) in [6.45, 7) is 10.3. The van der Waals surface area contributed by atoms with E-state index in [1.54, 1.807) is 26.0 Å². The lowest BCUT2D eigenvalue weighted by atomic mass is 10.2. The normalized spacial score (nSPS) is 15.6. The molecule has 3 unspecified atom stereocenters. The van der Waals surface area contributed by atoms with Crippen molar-refractivity contribution in [2.75, 3.05) is 0 Å². The van der Waals surface area contributed by atoms with Crippen LogP contribution in [0.4, 0.5) is 0 Å². The van der Waals surface area contributed by atoms with Crippen molar-refractivity contribution in [1.29, 1.82) is 0 Å². The fraction of sp³-hybridized carbons (Fsp3) is 0.375. The van der Waals surface area contributed by atoms with Gasteiger partial charge < -0.3 is 9.47 Å². The molecule has 0 aliphatic heterocycles. The van der Waals surface area contributed by atoms with Gasteiger partial charge in [0.2, 0.25) is 0 Å². The fourth-order valence-corrected chi connectivity index (χ4v) is 2.23. The Morgan fingerprint density at radius 3 is 1.88 bits per heavy atom. The summed E-state index contributed by atoms with van der Waals surface area (Å²) >= 11 is 0. The standard InChI is InChI=1S/C16H22O7S/c1-5-9-12(7-3)22-15(17)11-14(24(19,20)21)16(18)23-13(8-4)10-6-2/h5-10,12-14H,3-4,11H2,1-2H3,(H,19,20,21)/b9-5-,10-6-. The van der Waals surface area contributed by atoms with Gasteiger partial charge in [0.05, 0.1) is 6.42 Å². The molecule has 134 valence electrons. The Morgan fingerprint density at radius 2 is 1.50 bits per heavy atom. The van der Waals surface area contributed by atoms with Crippen LogP contribution >= 0.6 is 0 Å². The summed E-state index contributed by atoms with van der Waals surface area (Å²) in [5.41, 5.74) is 0. The number of rotatable bonds is 10. The van der Waals surface area contributed by atoms with Gasteiger partial charge in [0.25, 0.3) is 10.1 Å². The average Bonchev–Trinajstić information content (AvgIpc) is 2.50. The van der Waals surface area contributed by atoms with E-state index in [0.717, 1.165) is 0 Å². The van der Waals surface area contributed by atoms with Gasteiger partial charge in [-0.15, -0.1) is 0 Å². The molecule has 0 rings (SSSR count). The quantitative estimate of drug-likeness (QED) is 0.361. The van der Waals surface area contributed by atoms with Gasteiger partial charge in [-0.05, 0) is 38.2 Å². The van der Waals surface area contributed by atoms with E-state index in [2.05, 4.69) is 13.2 Å². The van der Waals surface area contributed by atoms with Crippen molar-refractivity contribution < 1.29 is 32.0 Å². The molecule has 24 heavy (non-hydrogen) atoms. The van der Waals surface area contributed by atoms with E-state index >= 15 is 0 Å². The van der Waals surface area contributed by atoms with Crippen LogP contribution in [-0.2, 0) is 29.2 Å². The van der Waals surface area contributed by atoms with E-state index in [1.165, 1.54) is 24.3 Å². The second-order valence-corrected chi connectivity index (χ2v) is 6.19. The lowest BCUT2D eigenvalue weighted by Gasteiger charge is -2.17. The Kier molecular flexibility index (Phi) is 9.60. The van der Waals surface area contributed by atoms with E-state index in [9.17, 15) is 22.6 Å². The Bertz CT molecular complexity index is 616. The summed E-state index contributed by atoms with van der Waals surface area (Å²) in [5.74, 6) is -2.28. The summed E-state index contributed by atoms with van der Waals surface area (Å²) < 4.78 is 41.8. The van der Waals surface area contributed by atoms with Gasteiger partial charge in [0.1, 0.15) is 12.2 Å². The molecule has 0 amide bonds. The molecule has 0 saturated heterocycles. The molecule has 0 fully saturated rings. The van der Waals surface area contributed by atoms with Crippen molar-refractivity contribution in [1.82, 2.24) is 0 Å². The Morgan fingerprint density at radius 1 is 1.04 bits per heavy atom. The summed E-state index contributed by atoms with van der Waals surface area (Å²) in [7, 11) is -4.86. The highest BCUT2D eigenvalue weighted by atomic mass is 32.2. The third-order valence-electron chi connectivity index (χ3n) is 2.72. The van der Waals surface area contributed by atoms with E-state index in [-0.39, 0.29) is 0 Å². The molecular weight excluding hydrogens is 336 g/mol. The number of esters is 2. The second kappa shape index (κ2) is 10.6. The number of hydrogen-bond donors (Lipinski definition) is 1. The minimum absolute atomic E-state index is 0.774. The second-order valence-electron chi connectivity index (χ2n) is 4.59. The third kappa shape index (κ3) is 7.89. The highest BCUT2D eigenvalue weighted by Crippen LogP contribution is 2.12. The molecule has 0 radical (unpaired) electrons. The van der Waals surface area contributed by atoms with E-state index in [1.807, 2.05) is 0 Å². The van der Waals surface area contributed by atoms with Gasteiger partial charge in [-0.2, -0.15) is 8.42 Å². The number of carbonyl (C=O) groups is 2. The summed E-state index contributed by atoms with van der Waals surface area (Å²) in [5, 5.41) is -2.09. The van der Waals surface area contributed by atoms with E-state index < -0.39 is 45.9 Å². The molecule has 0 aromatic heterocycles. The summed E-state index contributed by atoms with van der Waals surface area (Å²) in [4.78, 5) is 23.8. The molecule has 1 N–H and O–H groups in total. The molecule has 0 spiro atoms. The lowest BCUT2D eigenvalue weighted by molar-refractivity contribution is -0.151. The van der Waals surface area contributed by atoms with Gasteiger partial charge in [-0.1, -0.05) is 25.3 Å². The molecule has 0 heterocycles. The predicted molar refractivity (Wildman–Crippen MR) is 89.7 cm³/mol. The van der Waals surface area contributed by atoms with Crippen LogP contribution in [0.15, 0.2) is 49.6 Å². The topological polar surface area (TPSA) is 107 Å². The first kappa shape index (κ1) is 21.8. The number of hydrogen-bond acceptors (Lipinski definition) is 6. The SMILES string of the molecule is C=CC(/C=C\C)OC(=O)CC(C(=O)OC(C=C)/C=C\C)S(=O)(=O)O. The molecule has 3 atom stereocenters. The van der Waals surface area contributed by atoms with Crippen LogP contribution in [-0.4, -0.2) is 42.4 Å². The zero-order valence-electron chi connectivity index (χ0n) is 13.6. The van der Waals surface area contributed by atoms with Crippen LogP contribution in [0.3, 0.4) is 0 Å². The van der Waals surface area contributed by atoms with Gasteiger partial charge in [0, 0.05) is 0 Å². The predicted octanol–water partition coefficient (Wildman–Crippen LogP) is 1.98. The third-order valence-corrected chi connectivity index (χ3v) is 3.80. The van der Waals surface area contributed by atoms with Crippen molar-refractivity contribution in [3.8, 4) is 0 Å². The first-order valence-corrected chi connectivity index (χ1v) is 8.56. The molecule has 0 aromatic rings. The van der Waals surface area contributed by atoms with Gasteiger partial charge >= 0.3 is 11.9 Å². The molecule has 8 heteroatoms. The number of carbonyl (C=O) groups excluding carboxylic acids is 2. The summed E-state index contributed by atoms with van der Waals surface area (Å²) in [6, 6.07) is 0. The van der Waals surface area contributed by atoms with Crippen molar-refractivity contribution in [2.24, 2.45) is 0 Å². The van der Waals surface area contributed by atoms with Crippen LogP contribution in [0.1, 0.15) is 20.3 Å². The Labute approximate surface area is 142 Å². The van der Waals surface area contributed by atoms with Gasteiger partial charge in [0.15, 0.2) is 5.25 Å². The zero-order valence-corrected chi connectivity index (χ0v) is 14.4. The molecule has 0 bridgehead atoms. The summed E-state index contributed by atoms with van der Waals surface area (Å²) in [6.07, 6.45) is 6.17. The van der Waals surface area contributed by atoms with Gasteiger partial charge in [-0.3, -0.25) is 14.1 Å². The van der Waals surface area contributed by atoms with Crippen LogP contribution < -0.4 is 0 Å². The van der Waals surface area contributed by atoms with Crippen LogP contribution in [0, 0.1) is 0 Å². The maximum Gasteiger partial charge on any atom is 0.328 e. The van der Waals surface area contributed by atoms with Crippen molar-refractivity contribution in [3.63, 3.8) is 0 Å². The first-order valence-electron chi connectivity index (χ1n) is 7.06. The Balaban J connectivity index is 5.15. The van der Waals surface area contributed by atoms with Crippen molar-refractivity contribution in [2.45, 2.75) is 37.7 Å². The van der Waals surface area contributed by atoms with Crippen LogP contribution in [0.2, 0.25) is 0 Å². The fourth-order valence-electron chi connectivity index (χ4n) is 1.58. The lowest BCUT2D eigenvalue weighted by Crippen LogP contribution is -2.36.